The normalized spacial score (nSPS) is 19.6. The molecule has 0 spiro atoms. The van der Waals surface area contributed by atoms with Crippen LogP contribution < -0.4 is 0 Å². The Morgan fingerprint density at radius 3 is 2.79 bits per heavy atom. The molecule has 1 nitrogen and oxygen atoms in total. The van der Waals surface area contributed by atoms with Crippen LogP contribution in [0.1, 0.15) is 30.4 Å². The Bertz CT molecular complexity index is 440. The first-order chi connectivity index (χ1) is 6.84. The topological polar surface area (TPSA) is 17.1 Å². The van der Waals surface area contributed by atoms with Crippen LogP contribution in [0.15, 0.2) is 29.8 Å². The zero-order valence-corrected chi connectivity index (χ0v) is 8.05. The van der Waals surface area contributed by atoms with Gasteiger partial charge in [0.2, 0.25) is 0 Å². The Morgan fingerprint density at radius 1 is 1.00 bits per heavy atom. The summed E-state index contributed by atoms with van der Waals surface area (Å²) < 4.78 is 0. The van der Waals surface area contributed by atoms with Crippen LogP contribution in [0.3, 0.4) is 0 Å². The number of Topliss-reactive ketones (excluding diaryl/α,β-unsaturated/α-hetero) is 1. The van der Waals surface area contributed by atoms with Crippen molar-refractivity contribution in [2.45, 2.75) is 25.7 Å². The summed E-state index contributed by atoms with van der Waals surface area (Å²) >= 11 is 0. The standard InChI is InChI=1S/C13H12O/c14-11-6-5-10-7-9-3-1-2-4-12(9)13(10)8-11/h1-4H,5-8H2. The summed E-state index contributed by atoms with van der Waals surface area (Å²) in [6.07, 6.45) is 3.50. The van der Waals surface area contributed by atoms with Crippen molar-refractivity contribution in [2.24, 2.45) is 0 Å². The predicted molar refractivity (Wildman–Crippen MR) is 55.9 cm³/mol. The minimum Gasteiger partial charge on any atom is -0.299 e. The summed E-state index contributed by atoms with van der Waals surface area (Å²) in [5, 5.41) is 0. The maximum atomic E-state index is 11.4. The van der Waals surface area contributed by atoms with Crippen molar-refractivity contribution in [3.63, 3.8) is 0 Å². The third-order valence-corrected chi connectivity index (χ3v) is 3.25. The van der Waals surface area contributed by atoms with Crippen molar-refractivity contribution in [3.8, 4) is 0 Å². The lowest BCUT2D eigenvalue weighted by atomic mass is 9.91. The Morgan fingerprint density at radius 2 is 1.86 bits per heavy atom. The molecule has 0 saturated carbocycles. The van der Waals surface area contributed by atoms with Gasteiger partial charge in [-0.15, -0.1) is 0 Å². The highest BCUT2D eigenvalue weighted by Crippen LogP contribution is 2.39. The molecule has 0 amide bonds. The molecule has 0 fully saturated rings. The van der Waals surface area contributed by atoms with Crippen LogP contribution in [0.5, 0.6) is 0 Å². The average molecular weight is 184 g/mol. The molecular weight excluding hydrogens is 172 g/mol. The van der Waals surface area contributed by atoms with E-state index in [0.29, 0.717) is 12.2 Å². The molecule has 0 N–H and O–H groups in total. The molecule has 14 heavy (non-hydrogen) atoms. The van der Waals surface area contributed by atoms with Crippen molar-refractivity contribution in [2.75, 3.05) is 0 Å². The number of hydrogen-bond donors (Lipinski definition) is 0. The van der Waals surface area contributed by atoms with Gasteiger partial charge in [0.25, 0.3) is 0 Å². The van der Waals surface area contributed by atoms with Gasteiger partial charge in [0.1, 0.15) is 5.78 Å². The second-order valence-electron chi connectivity index (χ2n) is 4.13. The Hall–Kier alpha value is -1.37. The third-order valence-electron chi connectivity index (χ3n) is 3.25. The Labute approximate surface area is 83.4 Å². The van der Waals surface area contributed by atoms with Gasteiger partial charge in [0.15, 0.2) is 0 Å². The van der Waals surface area contributed by atoms with Gasteiger partial charge in [-0.25, -0.2) is 0 Å². The summed E-state index contributed by atoms with van der Waals surface area (Å²) in [6.45, 7) is 0. The SMILES string of the molecule is O=C1CCC2=C(C1)c1ccccc1C2. The molecule has 1 aromatic carbocycles. The molecule has 0 atom stereocenters. The van der Waals surface area contributed by atoms with Crippen molar-refractivity contribution in [1.29, 1.82) is 0 Å². The molecule has 1 heteroatoms. The van der Waals surface area contributed by atoms with Crippen molar-refractivity contribution in [3.05, 3.63) is 41.0 Å². The minimum atomic E-state index is 0.403. The average Bonchev–Trinajstić information content (AvgIpc) is 2.56. The van der Waals surface area contributed by atoms with Gasteiger partial charge in [0, 0.05) is 12.8 Å². The van der Waals surface area contributed by atoms with E-state index in [1.54, 1.807) is 0 Å². The predicted octanol–water partition coefficient (Wildman–Crippen LogP) is 2.75. The van der Waals surface area contributed by atoms with Crippen molar-refractivity contribution in [1.82, 2.24) is 0 Å². The quantitative estimate of drug-likeness (QED) is 0.606. The molecule has 0 saturated heterocycles. The van der Waals surface area contributed by atoms with Crippen molar-refractivity contribution >= 4 is 11.4 Å². The van der Waals surface area contributed by atoms with Gasteiger partial charge in [-0.3, -0.25) is 4.79 Å². The highest BCUT2D eigenvalue weighted by atomic mass is 16.1. The molecule has 0 aromatic heterocycles. The highest BCUT2D eigenvalue weighted by molar-refractivity contribution is 5.95. The Balaban J connectivity index is 2.11. The molecule has 2 aliphatic rings. The number of allylic oxidation sites excluding steroid dienone is 2. The third kappa shape index (κ3) is 1.05. The fourth-order valence-electron chi connectivity index (χ4n) is 2.53. The zero-order chi connectivity index (χ0) is 9.54. The minimum absolute atomic E-state index is 0.403. The number of hydrogen-bond acceptors (Lipinski definition) is 1. The summed E-state index contributed by atoms with van der Waals surface area (Å²) in [5.41, 5.74) is 5.57. The molecule has 0 bridgehead atoms. The molecular formula is C13H12O. The lowest BCUT2D eigenvalue weighted by molar-refractivity contribution is -0.118. The molecule has 2 aliphatic carbocycles. The van der Waals surface area contributed by atoms with Gasteiger partial charge < -0.3 is 0 Å². The second-order valence-corrected chi connectivity index (χ2v) is 4.13. The fraction of sp³-hybridized carbons (Fsp3) is 0.308. The molecule has 70 valence electrons. The summed E-state index contributed by atoms with van der Waals surface area (Å²) in [7, 11) is 0. The van der Waals surface area contributed by atoms with Crippen LogP contribution in [0.2, 0.25) is 0 Å². The van der Waals surface area contributed by atoms with Crippen LogP contribution in [0.4, 0.5) is 0 Å². The molecule has 0 unspecified atom stereocenters. The summed E-state index contributed by atoms with van der Waals surface area (Å²) in [5.74, 6) is 0.403. The van der Waals surface area contributed by atoms with E-state index in [2.05, 4.69) is 24.3 Å². The first kappa shape index (κ1) is 7.98. The lowest BCUT2D eigenvalue weighted by Gasteiger charge is -2.13. The van der Waals surface area contributed by atoms with Crippen LogP contribution in [-0.4, -0.2) is 5.78 Å². The van der Waals surface area contributed by atoms with E-state index in [-0.39, 0.29) is 0 Å². The lowest BCUT2D eigenvalue weighted by Crippen LogP contribution is -2.06. The van der Waals surface area contributed by atoms with Crippen molar-refractivity contribution < 1.29 is 4.79 Å². The van der Waals surface area contributed by atoms with Gasteiger partial charge in [0.05, 0.1) is 0 Å². The number of carbonyl (C=O) groups is 1. The first-order valence-corrected chi connectivity index (χ1v) is 5.15. The van der Waals surface area contributed by atoms with E-state index in [1.807, 2.05) is 0 Å². The maximum absolute atomic E-state index is 11.4. The van der Waals surface area contributed by atoms with Crippen LogP contribution >= 0.6 is 0 Å². The monoisotopic (exact) mass is 184 g/mol. The van der Waals surface area contributed by atoms with Crippen LogP contribution in [-0.2, 0) is 11.2 Å². The van der Waals surface area contributed by atoms with Crippen LogP contribution in [0, 0.1) is 0 Å². The molecule has 0 radical (unpaired) electrons. The van der Waals surface area contributed by atoms with Gasteiger partial charge in [-0.1, -0.05) is 29.8 Å². The number of benzene rings is 1. The van der Waals surface area contributed by atoms with E-state index in [0.717, 1.165) is 19.3 Å². The first-order valence-electron chi connectivity index (χ1n) is 5.15. The van der Waals surface area contributed by atoms with E-state index < -0.39 is 0 Å². The summed E-state index contributed by atoms with van der Waals surface area (Å²) in [6, 6.07) is 8.47. The van der Waals surface area contributed by atoms with E-state index >= 15 is 0 Å². The summed E-state index contributed by atoms with van der Waals surface area (Å²) in [4.78, 5) is 11.4. The number of carbonyl (C=O) groups excluding carboxylic acids is 1. The molecule has 0 aliphatic heterocycles. The number of rotatable bonds is 0. The molecule has 3 rings (SSSR count). The van der Waals surface area contributed by atoms with E-state index in [9.17, 15) is 4.79 Å². The van der Waals surface area contributed by atoms with E-state index in [1.165, 1.54) is 22.3 Å². The highest BCUT2D eigenvalue weighted by Gasteiger charge is 2.26. The van der Waals surface area contributed by atoms with E-state index in [4.69, 9.17) is 0 Å². The van der Waals surface area contributed by atoms with Gasteiger partial charge in [-0.05, 0) is 29.5 Å². The zero-order valence-electron chi connectivity index (χ0n) is 8.05. The second kappa shape index (κ2) is 2.81. The smallest absolute Gasteiger partial charge is 0.137 e. The number of ketones is 1. The van der Waals surface area contributed by atoms with Gasteiger partial charge >= 0.3 is 0 Å². The molecule has 1 aromatic rings. The van der Waals surface area contributed by atoms with Gasteiger partial charge in [-0.2, -0.15) is 0 Å². The van der Waals surface area contributed by atoms with Crippen LogP contribution in [0.25, 0.3) is 5.57 Å². The maximum Gasteiger partial charge on any atom is 0.137 e. The molecule has 0 heterocycles. The Kier molecular flexibility index (Phi) is 1.60. The fourth-order valence-corrected chi connectivity index (χ4v) is 2.53. The number of fused-ring (bicyclic) bond motifs is 2. The largest absolute Gasteiger partial charge is 0.299 e.